The Hall–Kier alpha value is -0.820. The topological polar surface area (TPSA) is 70.6 Å². The van der Waals surface area contributed by atoms with Crippen LogP contribution in [0.25, 0.3) is 0 Å². The summed E-state index contributed by atoms with van der Waals surface area (Å²) in [6.07, 6.45) is 2.75. The van der Waals surface area contributed by atoms with Gasteiger partial charge < -0.3 is 16.2 Å². The molecule has 0 unspecified atom stereocenters. The fourth-order valence-corrected chi connectivity index (χ4v) is 2.40. The van der Waals surface area contributed by atoms with Crippen LogP contribution < -0.4 is 11.1 Å². The van der Waals surface area contributed by atoms with Gasteiger partial charge in [-0.2, -0.15) is 0 Å². The van der Waals surface area contributed by atoms with E-state index in [0.717, 1.165) is 24.9 Å². The molecule has 0 aliphatic carbocycles. The van der Waals surface area contributed by atoms with E-state index in [-0.39, 0.29) is 36.0 Å². The van der Waals surface area contributed by atoms with Crippen LogP contribution in [0.4, 0.5) is 5.69 Å². The SMILES string of the molecule is CCC(CC)(CCO)CN=C(N)Nc1ccc(C)c(C)c1.I. The smallest absolute Gasteiger partial charge is 0.193 e. The van der Waals surface area contributed by atoms with E-state index in [1.54, 1.807) is 0 Å². The second-order valence-corrected chi connectivity index (χ2v) is 5.81. The predicted octanol–water partition coefficient (Wildman–Crippen LogP) is 3.84. The molecule has 0 bridgehead atoms. The van der Waals surface area contributed by atoms with Gasteiger partial charge in [-0.15, -0.1) is 24.0 Å². The van der Waals surface area contributed by atoms with Crippen molar-refractivity contribution >= 4 is 35.6 Å². The number of guanidine groups is 1. The van der Waals surface area contributed by atoms with E-state index in [1.165, 1.54) is 11.1 Å². The van der Waals surface area contributed by atoms with Crippen LogP contribution in [0.3, 0.4) is 0 Å². The summed E-state index contributed by atoms with van der Waals surface area (Å²) in [4.78, 5) is 4.48. The molecule has 0 amide bonds. The van der Waals surface area contributed by atoms with Crippen LogP contribution in [0.2, 0.25) is 0 Å². The summed E-state index contributed by atoms with van der Waals surface area (Å²) in [5, 5.41) is 12.4. The van der Waals surface area contributed by atoms with E-state index >= 15 is 0 Å². The second-order valence-electron chi connectivity index (χ2n) is 5.81. The second kappa shape index (κ2) is 10.0. The minimum Gasteiger partial charge on any atom is -0.396 e. The van der Waals surface area contributed by atoms with Crippen molar-refractivity contribution in [2.75, 3.05) is 18.5 Å². The van der Waals surface area contributed by atoms with Crippen molar-refractivity contribution in [2.45, 2.75) is 47.0 Å². The number of aliphatic imine (C=N–C) groups is 1. The van der Waals surface area contributed by atoms with Crippen LogP contribution >= 0.6 is 24.0 Å². The third-order valence-electron chi connectivity index (χ3n) is 4.51. The molecule has 0 heterocycles. The number of hydrogen-bond donors (Lipinski definition) is 3. The molecule has 0 atom stereocenters. The summed E-state index contributed by atoms with van der Waals surface area (Å²) in [5.74, 6) is 0.433. The molecule has 22 heavy (non-hydrogen) atoms. The summed E-state index contributed by atoms with van der Waals surface area (Å²) in [7, 11) is 0. The highest BCUT2D eigenvalue weighted by Gasteiger charge is 2.25. The molecule has 4 nitrogen and oxygen atoms in total. The first-order chi connectivity index (χ1) is 9.96. The van der Waals surface area contributed by atoms with Crippen LogP contribution in [0.1, 0.15) is 44.2 Å². The monoisotopic (exact) mass is 419 g/mol. The number of rotatable bonds is 7. The Morgan fingerprint density at radius 1 is 1.23 bits per heavy atom. The maximum atomic E-state index is 9.23. The molecule has 5 heteroatoms. The maximum absolute atomic E-state index is 9.23. The fraction of sp³-hybridized carbons (Fsp3) is 0.588. The molecule has 4 N–H and O–H groups in total. The van der Waals surface area contributed by atoms with Crippen molar-refractivity contribution in [3.8, 4) is 0 Å². The average Bonchev–Trinajstić information content (AvgIpc) is 2.47. The van der Waals surface area contributed by atoms with E-state index in [4.69, 9.17) is 5.73 Å². The molecule has 1 aromatic rings. The Labute approximate surface area is 151 Å². The lowest BCUT2D eigenvalue weighted by atomic mass is 9.79. The van der Waals surface area contributed by atoms with Crippen molar-refractivity contribution in [3.63, 3.8) is 0 Å². The Balaban J connectivity index is 0.00000441. The minimum absolute atomic E-state index is 0. The van der Waals surface area contributed by atoms with Gasteiger partial charge >= 0.3 is 0 Å². The first-order valence-electron chi connectivity index (χ1n) is 7.71. The molecule has 126 valence electrons. The number of benzene rings is 1. The summed E-state index contributed by atoms with van der Waals surface area (Å²) >= 11 is 0. The van der Waals surface area contributed by atoms with Gasteiger partial charge in [0.25, 0.3) is 0 Å². The summed E-state index contributed by atoms with van der Waals surface area (Å²) in [6, 6.07) is 6.14. The molecular formula is C17H30IN3O. The van der Waals surface area contributed by atoms with Gasteiger partial charge in [-0.25, -0.2) is 0 Å². The first-order valence-corrected chi connectivity index (χ1v) is 7.71. The zero-order valence-electron chi connectivity index (χ0n) is 14.1. The van der Waals surface area contributed by atoms with Crippen LogP contribution in [0, 0.1) is 19.3 Å². The maximum Gasteiger partial charge on any atom is 0.193 e. The highest BCUT2D eigenvalue weighted by molar-refractivity contribution is 14.0. The molecule has 0 fully saturated rings. The van der Waals surface area contributed by atoms with E-state index < -0.39 is 0 Å². The molecule has 0 aliphatic heterocycles. The van der Waals surface area contributed by atoms with Crippen LogP contribution in [0.5, 0.6) is 0 Å². The van der Waals surface area contributed by atoms with E-state index in [1.807, 2.05) is 6.07 Å². The number of nitrogens with zero attached hydrogens (tertiary/aromatic N) is 1. The molecular weight excluding hydrogens is 389 g/mol. The van der Waals surface area contributed by atoms with Gasteiger partial charge in [0, 0.05) is 18.8 Å². The van der Waals surface area contributed by atoms with Gasteiger partial charge in [-0.1, -0.05) is 19.9 Å². The van der Waals surface area contributed by atoms with Crippen LogP contribution in [-0.4, -0.2) is 24.2 Å². The lowest BCUT2D eigenvalue weighted by molar-refractivity contribution is 0.175. The van der Waals surface area contributed by atoms with E-state index in [9.17, 15) is 5.11 Å². The average molecular weight is 419 g/mol. The number of nitrogens with two attached hydrogens (primary N) is 1. The molecule has 0 aromatic heterocycles. The molecule has 0 saturated heterocycles. The molecule has 1 aromatic carbocycles. The first kappa shape index (κ1) is 21.2. The zero-order valence-corrected chi connectivity index (χ0v) is 16.5. The zero-order chi connectivity index (χ0) is 15.9. The minimum atomic E-state index is 0. The quantitative estimate of drug-likeness (QED) is 0.357. The number of halogens is 1. The standard InChI is InChI=1S/C17H29N3O.HI/c1-5-17(6-2,9-10-21)12-19-16(18)20-15-8-7-13(3)14(4)11-15;/h7-8,11,21H,5-6,9-10,12H2,1-4H3,(H3,18,19,20);1H. The van der Waals surface area contributed by atoms with Crippen LogP contribution in [-0.2, 0) is 0 Å². The third kappa shape index (κ3) is 6.12. The Morgan fingerprint density at radius 2 is 1.86 bits per heavy atom. The molecule has 0 aliphatic rings. The summed E-state index contributed by atoms with van der Waals surface area (Å²) in [5.41, 5.74) is 9.47. The lowest BCUT2D eigenvalue weighted by Gasteiger charge is -2.29. The summed E-state index contributed by atoms with van der Waals surface area (Å²) < 4.78 is 0. The Kier molecular flexibility index (Phi) is 9.67. The van der Waals surface area contributed by atoms with Gasteiger partial charge in [0.15, 0.2) is 5.96 Å². The number of aryl methyl sites for hydroxylation is 2. The predicted molar refractivity (Wildman–Crippen MR) is 106 cm³/mol. The lowest BCUT2D eigenvalue weighted by Crippen LogP contribution is -2.29. The fourth-order valence-electron chi connectivity index (χ4n) is 2.40. The number of nitrogens with one attached hydrogen (secondary N) is 1. The van der Waals surface area contributed by atoms with Gasteiger partial charge in [-0.05, 0) is 61.8 Å². The number of anilines is 1. The number of hydrogen-bond acceptors (Lipinski definition) is 2. The molecule has 1 rings (SSSR count). The highest BCUT2D eigenvalue weighted by Crippen LogP contribution is 2.30. The van der Waals surface area contributed by atoms with Crippen molar-refractivity contribution in [3.05, 3.63) is 29.3 Å². The summed E-state index contributed by atoms with van der Waals surface area (Å²) in [6.45, 7) is 9.28. The molecule has 0 spiro atoms. The molecule has 0 radical (unpaired) electrons. The Bertz CT molecular complexity index is 485. The van der Waals surface area contributed by atoms with Crippen molar-refractivity contribution < 1.29 is 5.11 Å². The Morgan fingerprint density at radius 3 is 2.36 bits per heavy atom. The van der Waals surface area contributed by atoms with Gasteiger partial charge in [-0.3, -0.25) is 4.99 Å². The van der Waals surface area contributed by atoms with Crippen molar-refractivity contribution in [1.82, 2.24) is 0 Å². The van der Waals surface area contributed by atoms with Crippen molar-refractivity contribution in [2.24, 2.45) is 16.1 Å². The van der Waals surface area contributed by atoms with Gasteiger partial charge in [0.05, 0.1) is 0 Å². The number of aliphatic hydroxyl groups excluding tert-OH is 1. The van der Waals surface area contributed by atoms with Crippen LogP contribution in [0.15, 0.2) is 23.2 Å². The van der Waals surface area contributed by atoms with Gasteiger partial charge in [0.1, 0.15) is 0 Å². The normalized spacial score (nSPS) is 12.0. The third-order valence-corrected chi connectivity index (χ3v) is 4.51. The molecule has 0 saturated carbocycles. The number of aliphatic hydroxyl groups is 1. The van der Waals surface area contributed by atoms with E-state index in [0.29, 0.717) is 12.5 Å². The highest BCUT2D eigenvalue weighted by atomic mass is 127. The largest absolute Gasteiger partial charge is 0.396 e. The van der Waals surface area contributed by atoms with Crippen molar-refractivity contribution in [1.29, 1.82) is 0 Å². The van der Waals surface area contributed by atoms with E-state index in [2.05, 4.69) is 50.1 Å². The van der Waals surface area contributed by atoms with Gasteiger partial charge in [0.2, 0.25) is 0 Å².